The zero-order chi connectivity index (χ0) is 21.6. The van der Waals surface area contributed by atoms with Crippen LogP contribution in [0.2, 0.25) is 0 Å². The third-order valence-corrected chi connectivity index (χ3v) is 5.20. The molecule has 0 amide bonds. The van der Waals surface area contributed by atoms with Gasteiger partial charge in [0.1, 0.15) is 29.0 Å². The van der Waals surface area contributed by atoms with Gasteiger partial charge in [-0.3, -0.25) is 0 Å². The van der Waals surface area contributed by atoms with Crippen molar-refractivity contribution < 1.29 is 14.3 Å². The van der Waals surface area contributed by atoms with Crippen molar-refractivity contribution in [3.8, 4) is 17.6 Å². The second-order valence-corrected chi connectivity index (χ2v) is 7.23. The van der Waals surface area contributed by atoms with Gasteiger partial charge in [0.25, 0.3) is 0 Å². The molecule has 0 unspecified atom stereocenters. The molecule has 0 fully saturated rings. The molecule has 2 heterocycles. The third kappa shape index (κ3) is 4.48. The lowest BCUT2D eigenvalue weighted by Crippen LogP contribution is -2.09. The molecule has 156 valence electrons. The number of hydrogen-bond donors (Lipinski definition) is 0. The van der Waals surface area contributed by atoms with Crippen molar-refractivity contribution in [3.63, 3.8) is 0 Å². The molecule has 0 atom stereocenters. The molecule has 1 aliphatic heterocycles. The van der Waals surface area contributed by atoms with E-state index < -0.39 is 5.97 Å². The monoisotopic (exact) mass is 414 g/mol. The zero-order valence-corrected chi connectivity index (χ0v) is 17.2. The maximum Gasteiger partial charge on any atom is 0.347 e. The quantitative estimate of drug-likeness (QED) is 0.351. The number of ether oxygens (including phenoxy) is 2. The Morgan fingerprint density at radius 2 is 1.90 bits per heavy atom. The van der Waals surface area contributed by atoms with Gasteiger partial charge < -0.3 is 14.0 Å². The van der Waals surface area contributed by atoms with Crippen LogP contribution >= 0.6 is 0 Å². The maximum absolute atomic E-state index is 12.4. The number of carbonyl (C=O) groups excluding carboxylic acids is 1. The second-order valence-electron chi connectivity index (χ2n) is 7.23. The van der Waals surface area contributed by atoms with Crippen molar-refractivity contribution in [2.45, 2.75) is 32.2 Å². The minimum Gasteiger partial charge on any atom is -0.496 e. The van der Waals surface area contributed by atoms with Crippen LogP contribution in [0.4, 0.5) is 0 Å². The molecule has 0 radical (unpaired) electrons. The lowest BCUT2D eigenvalue weighted by Gasteiger charge is -2.08. The van der Waals surface area contributed by atoms with Crippen LogP contribution in [-0.4, -0.2) is 27.8 Å². The first kappa shape index (κ1) is 20.4. The normalized spacial score (nSPS) is 13.6. The summed E-state index contributed by atoms with van der Waals surface area (Å²) in [7, 11) is 1.51. The van der Waals surface area contributed by atoms with E-state index in [4.69, 9.17) is 9.47 Å². The number of nitriles is 1. The molecule has 4 rings (SSSR count). The fourth-order valence-electron chi connectivity index (χ4n) is 3.61. The smallest absolute Gasteiger partial charge is 0.347 e. The summed E-state index contributed by atoms with van der Waals surface area (Å²) in [5.41, 5.74) is 1.62. The van der Waals surface area contributed by atoms with Crippen LogP contribution < -0.4 is 9.47 Å². The number of nitrogens with zero attached hydrogens (tertiary/aromatic N) is 4. The SMILES string of the molecule is COc1ccccc1C(=O)Oc1ccc(/C=C(\C#N)c2nnc3n2CCCCC3)cc1. The van der Waals surface area contributed by atoms with E-state index >= 15 is 0 Å². The number of hydrogen-bond acceptors (Lipinski definition) is 6. The molecule has 2 aromatic carbocycles. The Bertz CT molecular complexity index is 1160. The molecule has 7 nitrogen and oxygen atoms in total. The number of esters is 1. The molecule has 1 aromatic heterocycles. The minimum absolute atomic E-state index is 0.355. The summed E-state index contributed by atoms with van der Waals surface area (Å²) in [5.74, 6) is 1.91. The Morgan fingerprint density at radius 1 is 1.10 bits per heavy atom. The zero-order valence-electron chi connectivity index (χ0n) is 17.2. The van der Waals surface area contributed by atoms with Gasteiger partial charge in [-0.15, -0.1) is 10.2 Å². The standard InChI is InChI=1S/C24H22N4O3/c1-30-21-8-5-4-7-20(21)24(29)31-19-12-10-17(11-13-19)15-18(16-25)23-27-26-22-9-3-2-6-14-28(22)23/h4-5,7-8,10-13,15H,2-3,6,9,14H2,1H3/b18-15+. The van der Waals surface area contributed by atoms with Gasteiger partial charge in [-0.1, -0.05) is 30.7 Å². The van der Waals surface area contributed by atoms with E-state index in [1.165, 1.54) is 7.11 Å². The van der Waals surface area contributed by atoms with Crippen molar-refractivity contribution in [1.29, 1.82) is 5.26 Å². The number of aromatic nitrogens is 3. The van der Waals surface area contributed by atoms with Crippen molar-refractivity contribution in [1.82, 2.24) is 14.8 Å². The average molecular weight is 414 g/mol. The van der Waals surface area contributed by atoms with Gasteiger partial charge in [-0.2, -0.15) is 5.26 Å². The van der Waals surface area contributed by atoms with E-state index in [1.54, 1.807) is 54.6 Å². The highest BCUT2D eigenvalue weighted by molar-refractivity contribution is 5.94. The first-order valence-corrected chi connectivity index (χ1v) is 10.2. The summed E-state index contributed by atoms with van der Waals surface area (Å²) >= 11 is 0. The van der Waals surface area contributed by atoms with Crippen LogP contribution in [0.1, 0.15) is 46.8 Å². The highest BCUT2D eigenvalue weighted by Gasteiger charge is 2.18. The van der Waals surface area contributed by atoms with Crippen LogP contribution in [-0.2, 0) is 13.0 Å². The summed E-state index contributed by atoms with van der Waals surface area (Å²) in [6.07, 6.45) is 5.97. The highest BCUT2D eigenvalue weighted by atomic mass is 16.5. The number of aryl methyl sites for hydroxylation is 1. The molecule has 0 bridgehead atoms. The van der Waals surface area contributed by atoms with E-state index in [-0.39, 0.29) is 0 Å². The fourth-order valence-corrected chi connectivity index (χ4v) is 3.61. The number of benzene rings is 2. The lowest BCUT2D eigenvalue weighted by atomic mass is 10.1. The minimum atomic E-state index is -0.496. The first-order chi connectivity index (χ1) is 15.2. The molecule has 1 aliphatic rings. The van der Waals surface area contributed by atoms with E-state index in [0.29, 0.717) is 28.5 Å². The number of para-hydroxylation sites is 1. The molecular formula is C24H22N4O3. The Balaban J connectivity index is 1.53. The predicted molar refractivity (Wildman–Crippen MR) is 115 cm³/mol. The number of methoxy groups -OCH3 is 1. The summed E-state index contributed by atoms with van der Waals surface area (Å²) in [6.45, 7) is 0.828. The van der Waals surface area contributed by atoms with Crippen LogP contribution in [0, 0.1) is 11.3 Å². The van der Waals surface area contributed by atoms with E-state index in [2.05, 4.69) is 16.3 Å². The van der Waals surface area contributed by atoms with Crippen LogP contribution in [0.3, 0.4) is 0 Å². The fraction of sp³-hybridized carbons (Fsp3) is 0.250. The largest absolute Gasteiger partial charge is 0.496 e. The molecule has 0 saturated carbocycles. The topological polar surface area (TPSA) is 90.0 Å². The second kappa shape index (κ2) is 9.26. The summed E-state index contributed by atoms with van der Waals surface area (Å²) in [6, 6.07) is 16.1. The molecule has 7 heteroatoms. The summed E-state index contributed by atoms with van der Waals surface area (Å²) < 4.78 is 12.7. The van der Waals surface area contributed by atoms with Gasteiger partial charge in [0.05, 0.1) is 12.7 Å². The van der Waals surface area contributed by atoms with Gasteiger partial charge in [-0.25, -0.2) is 4.79 Å². The predicted octanol–water partition coefficient (Wildman–Crippen LogP) is 4.30. The first-order valence-electron chi connectivity index (χ1n) is 10.2. The Hall–Kier alpha value is -3.92. The van der Waals surface area contributed by atoms with Crippen molar-refractivity contribution in [3.05, 3.63) is 71.3 Å². The molecule has 31 heavy (non-hydrogen) atoms. The Morgan fingerprint density at radius 3 is 2.68 bits per heavy atom. The van der Waals surface area contributed by atoms with E-state index in [9.17, 15) is 10.1 Å². The average Bonchev–Trinajstić information content (AvgIpc) is 3.05. The Labute approximate surface area is 180 Å². The summed E-state index contributed by atoms with van der Waals surface area (Å²) in [4.78, 5) is 12.4. The summed E-state index contributed by atoms with van der Waals surface area (Å²) in [5, 5.41) is 18.2. The third-order valence-electron chi connectivity index (χ3n) is 5.20. The van der Waals surface area contributed by atoms with E-state index in [0.717, 1.165) is 43.6 Å². The number of fused-ring (bicyclic) bond motifs is 1. The van der Waals surface area contributed by atoms with Gasteiger partial charge >= 0.3 is 5.97 Å². The molecule has 0 N–H and O–H groups in total. The van der Waals surface area contributed by atoms with Gasteiger partial charge in [0, 0.05) is 13.0 Å². The number of rotatable bonds is 5. The molecule has 0 spiro atoms. The van der Waals surface area contributed by atoms with Gasteiger partial charge in [0.15, 0.2) is 5.82 Å². The molecular weight excluding hydrogens is 392 g/mol. The number of carbonyl (C=O) groups is 1. The van der Waals surface area contributed by atoms with Gasteiger partial charge in [-0.05, 0) is 48.7 Å². The lowest BCUT2D eigenvalue weighted by molar-refractivity contribution is 0.0731. The van der Waals surface area contributed by atoms with Crippen LogP contribution in [0.15, 0.2) is 48.5 Å². The number of allylic oxidation sites excluding steroid dienone is 1. The van der Waals surface area contributed by atoms with Crippen molar-refractivity contribution in [2.75, 3.05) is 7.11 Å². The van der Waals surface area contributed by atoms with E-state index in [1.807, 2.05) is 4.57 Å². The van der Waals surface area contributed by atoms with Crippen molar-refractivity contribution in [2.24, 2.45) is 0 Å². The van der Waals surface area contributed by atoms with Crippen LogP contribution in [0.5, 0.6) is 11.5 Å². The molecule has 0 aliphatic carbocycles. The maximum atomic E-state index is 12.4. The van der Waals surface area contributed by atoms with Crippen molar-refractivity contribution >= 4 is 17.6 Å². The molecule has 3 aromatic rings. The van der Waals surface area contributed by atoms with Gasteiger partial charge in [0.2, 0.25) is 0 Å². The highest BCUT2D eigenvalue weighted by Crippen LogP contribution is 2.24. The van der Waals surface area contributed by atoms with Crippen LogP contribution in [0.25, 0.3) is 11.6 Å². The molecule has 0 saturated heterocycles. The Kier molecular flexibility index (Phi) is 6.08.